The van der Waals surface area contributed by atoms with Crippen molar-refractivity contribution < 1.29 is 18.0 Å². The number of halogens is 3. The summed E-state index contributed by atoms with van der Waals surface area (Å²) >= 11 is 0. The van der Waals surface area contributed by atoms with Gasteiger partial charge in [-0.3, -0.25) is 14.2 Å². The summed E-state index contributed by atoms with van der Waals surface area (Å²) in [4.78, 5) is 12.6. The van der Waals surface area contributed by atoms with Crippen LogP contribution in [0.1, 0.15) is 27.0 Å². The summed E-state index contributed by atoms with van der Waals surface area (Å²) < 4.78 is 41.9. The number of benzene rings is 2. The second-order valence-corrected chi connectivity index (χ2v) is 6.98. The Kier molecular flexibility index (Phi) is 5.57. The third-order valence-corrected chi connectivity index (χ3v) is 4.58. The van der Waals surface area contributed by atoms with Crippen LogP contribution in [-0.4, -0.2) is 25.5 Å². The van der Waals surface area contributed by atoms with Crippen LogP contribution in [0.4, 0.5) is 18.9 Å². The average Bonchev–Trinajstić information content (AvgIpc) is 3.40. The van der Waals surface area contributed by atoms with Gasteiger partial charge in [-0.1, -0.05) is 24.3 Å². The summed E-state index contributed by atoms with van der Waals surface area (Å²) in [5, 5.41) is 11.0. The largest absolute Gasteiger partial charge is 0.416 e. The number of hydrogen-bond acceptors (Lipinski definition) is 3. The minimum Gasteiger partial charge on any atom is -0.319 e. The number of alkyl halides is 3. The number of amides is 1. The number of nitrogens with one attached hydrogen (secondary N) is 1. The van der Waals surface area contributed by atoms with Crippen molar-refractivity contribution in [2.45, 2.75) is 19.3 Å². The Labute approximate surface area is 175 Å². The molecule has 0 spiro atoms. The summed E-state index contributed by atoms with van der Waals surface area (Å²) in [6.07, 6.45) is 2.16. The third-order valence-electron chi connectivity index (χ3n) is 4.58. The highest BCUT2D eigenvalue weighted by Gasteiger charge is 2.30. The van der Waals surface area contributed by atoms with E-state index in [-0.39, 0.29) is 12.5 Å². The van der Waals surface area contributed by atoms with Gasteiger partial charge in [0, 0.05) is 24.2 Å². The molecule has 2 aromatic heterocycles. The summed E-state index contributed by atoms with van der Waals surface area (Å²) in [5.41, 5.74) is 1.61. The molecule has 1 N–H and O–H groups in total. The number of nitrogens with zero attached hydrogens (tertiary/aromatic N) is 4. The van der Waals surface area contributed by atoms with Crippen molar-refractivity contribution >= 4 is 11.6 Å². The summed E-state index contributed by atoms with van der Waals surface area (Å²) in [5.74, 6) is -0.305. The Bertz CT molecular complexity index is 1180. The maximum Gasteiger partial charge on any atom is 0.416 e. The topological polar surface area (TPSA) is 64.7 Å². The number of aromatic nitrogens is 4. The molecule has 0 saturated heterocycles. The van der Waals surface area contributed by atoms with Gasteiger partial charge in [0.15, 0.2) is 0 Å². The van der Waals surface area contributed by atoms with E-state index in [0.717, 1.165) is 17.7 Å². The lowest BCUT2D eigenvalue weighted by molar-refractivity contribution is -0.137. The molecule has 0 radical (unpaired) electrons. The van der Waals surface area contributed by atoms with E-state index in [9.17, 15) is 18.0 Å². The van der Waals surface area contributed by atoms with Crippen molar-refractivity contribution in [2.75, 3.05) is 5.32 Å². The minimum atomic E-state index is -4.40. The van der Waals surface area contributed by atoms with Crippen LogP contribution in [0.3, 0.4) is 0 Å². The summed E-state index contributed by atoms with van der Waals surface area (Å²) in [6, 6.07) is 14.1. The first-order valence-corrected chi connectivity index (χ1v) is 9.43. The first-order valence-electron chi connectivity index (χ1n) is 9.43. The van der Waals surface area contributed by atoms with E-state index in [1.54, 1.807) is 41.3 Å². The number of carbonyl (C=O) groups excluding carboxylic acids is 1. The Morgan fingerprint density at radius 1 is 0.935 bits per heavy atom. The molecular formula is C22H18F3N5O. The lowest BCUT2D eigenvalue weighted by Crippen LogP contribution is -2.12. The molecule has 0 unspecified atom stereocenters. The molecule has 4 aromatic rings. The molecule has 4 rings (SSSR count). The fourth-order valence-electron chi connectivity index (χ4n) is 3.14. The molecule has 0 saturated carbocycles. The molecule has 2 aromatic carbocycles. The molecule has 158 valence electrons. The zero-order valence-electron chi connectivity index (χ0n) is 16.3. The lowest BCUT2D eigenvalue weighted by Gasteiger charge is -2.08. The maximum absolute atomic E-state index is 12.9. The van der Waals surface area contributed by atoms with Crippen LogP contribution < -0.4 is 5.32 Å². The van der Waals surface area contributed by atoms with Gasteiger partial charge >= 0.3 is 6.18 Å². The van der Waals surface area contributed by atoms with Crippen LogP contribution in [0.2, 0.25) is 0 Å². The van der Waals surface area contributed by atoms with E-state index >= 15 is 0 Å². The third kappa shape index (κ3) is 5.19. The van der Waals surface area contributed by atoms with Crippen LogP contribution >= 0.6 is 0 Å². The van der Waals surface area contributed by atoms with Gasteiger partial charge in [-0.25, -0.2) is 0 Å². The molecular weight excluding hydrogens is 407 g/mol. The quantitative estimate of drug-likeness (QED) is 0.497. The van der Waals surface area contributed by atoms with E-state index < -0.39 is 11.7 Å². The normalized spacial score (nSPS) is 11.5. The fourth-order valence-corrected chi connectivity index (χ4v) is 3.14. The second kappa shape index (κ2) is 8.47. The van der Waals surface area contributed by atoms with Crippen molar-refractivity contribution in [3.05, 3.63) is 102 Å². The Morgan fingerprint density at radius 2 is 1.68 bits per heavy atom. The molecule has 6 nitrogen and oxygen atoms in total. The fraction of sp³-hybridized carbons (Fsp3) is 0.136. The highest BCUT2D eigenvalue weighted by Crippen LogP contribution is 2.29. The van der Waals surface area contributed by atoms with Crippen LogP contribution in [0.5, 0.6) is 0 Å². The van der Waals surface area contributed by atoms with Crippen molar-refractivity contribution in [3.63, 3.8) is 0 Å². The SMILES string of the molecule is O=C(Nc1cnn(Cc2cccc(C(F)(F)F)c2)c1)c1cccc(Cn2cccn2)c1. The molecule has 0 fully saturated rings. The van der Waals surface area contributed by atoms with Crippen LogP contribution in [0.25, 0.3) is 0 Å². The molecule has 0 aliphatic carbocycles. The Morgan fingerprint density at radius 3 is 2.42 bits per heavy atom. The van der Waals surface area contributed by atoms with E-state index in [0.29, 0.717) is 23.4 Å². The second-order valence-electron chi connectivity index (χ2n) is 6.98. The molecule has 1 amide bonds. The first kappa shape index (κ1) is 20.4. The monoisotopic (exact) mass is 425 g/mol. The van der Waals surface area contributed by atoms with Gasteiger partial charge in [0.2, 0.25) is 0 Å². The van der Waals surface area contributed by atoms with E-state index in [2.05, 4.69) is 15.5 Å². The van der Waals surface area contributed by atoms with Gasteiger partial charge in [0.05, 0.1) is 30.5 Å². The highest BCUT2D eigenvalue weighted by atomic mass is 19.4. The number of anilines is 1. The summed E-state index contributed by atoms with van der Waals surface area (Å²) in [7, 11) is 0. The number of carbonyl (C=O) groups is 1. The highest BCUT2D eigenvalue weighted by molar-refractivity contribution is 6.04. The number of hydrogen-bond donors (Lipinski definition) is 1. The van der Waals surface area contributed by atoms with Gasteiger partial charge in [-0.05, 0) is 41.5 Å². The van der Waals surface area contributed by atoms with Crippen molar-refractivity contribution in [3.8, 4) is 0 Å². The van der Waals surface area contributed by atoms with Crippen molar-refractivity contribution in [1.29, 1.82) is 0 Å². The van der Waals surface area contributed by atoms with E-state index in [1.165, 1.54) is 16.9 Å². The molecule has 31 heavy (non-hydrogen) atoms. The molecule has 0 aliphatic heterocycles. The van der Waals surface area contributed by atoms with Crippen LogP contribution in [0.15, 0.2) is 79.4 Å². The predicted octanol–water partition coefficient (Wildman–Crippen LogP) is 4.45. The van der Waals surface area contributed by atoms with E-state index in [1.807, 2.05) is 18.3 Å². The van der Waals surface area contributed by atoms with Crippen LogP contribution in [-0.2, 0) is 19.3 Å². The van der Waals surface area contributed by atoms with Gasteiger partial charge in [-0.2, -0.15) is 23.4 Å². The van der Waals surface area contributed by atoms with Gasteiger partial charge in [0.25, 0.3) is 5.91 Å². The number of rotatable bonds is 6. The summed E-state index contributed by atoms with van der Waals surface area (Å²) in [6.45, 7) is 0.697. The van der Waals surface area contributed by atoms with Crippen molar-refractivity contribution in [1.82, 2.24) is 19.6 Å². The molecule has 2 heterocycles. The minimum absolute atomic E-state index is 0.152. The van der Waals surface area contributed by atoms with Gasteiger partial charge < -0.3 is 5.32 Å². The molecule has 0 bridgehead atoms. The van der Waals surface area contributed by atoms with Crippen LogP contribution in [0, 0.1) is 0 Å². The predicted molar refractivity (Wildman–Crippen MR) is 108 cm³/mol. The first-order chi connectivity index (χ1) is 14.9. The van der Waals surface area contributed by atoms with Crippen molar-refractivity contribution in [2.24, 2.45) is 0 Å². The van der Waals surface area contributed by atoms with E-state index in [4.69, 9.17) is 0 Å². The molecule has 0 atom stereocenters. The average molecular weight is 425 g/mol. The lowest BCUT2D eigenvalue weighted by atomic mass is 10.1. The standard InChI is InChI=1S/C22H18F3N5O/c23-22(24,25)19-7-2-5-17(11-19)14-30-15-20(12-27-30)28-21(31)18-6-1-4-16(10-18)13-29-9-3-8-26-29/h1-12,15H,13-14H2,(H,28,31). The Balaban J connectivity index is 1.42. The van der Waals surface area contributed by atoms with Gasteiger partial charge in [-0.15, -0.1) is 0 Å². The molecule has 9 heteroatoms. The van der Waals surface area contributed by atoms with Gasteiger partial charge in [0.1, 0.15) is 0 Å². The maximum atomic E-state index is 12.9. The zero-order chi connectivity index (χ0) is 21.8. The zero-order valence-corrected chi connectivity index (χ0v) is 16.3. The molecule has 0 aliphatic rings. The smallest absolute Gasteiger partial charge is 0.319 e. The Hall–Kier alpha value is -3.88.